The first-order valence-corrected chi connectivity index (χ1v) is 13.3. The summed E-state index contributed by atoms with van der Waals surface area (Å²) in [6.45, 7) is 7.99. The van der Waals surface area contributed by atoms with Gasteiger partial charge in [-0.3, -0.25) is 9.59 Å². The summed E-state index contributed by atoms with van der Waals surface area (Å²) in [7, 11) is 0. The second-order valence-corrected chi connectivity index (χ2v) is 11.2. The quantitative estimate of drug-likeness (QED) is 0.435. The first-order chi connectivity index (χ1) is 16.5. The molecule has 4 N–H and O–H groups in total. The predicted octanol–water partition coefficient (Wildman–Crippen LogP) is 4.10. The molecule has 7 heteroatoms. The lowest BCUT2D eigenvalue weighted by molar-refractivity contribution is -0.159. The molecule has 0 saturated heterocycles. The third kappa shape index (κ3) is 9.03. The maximum atomic E-state index is 12.8. The molecule has 0 radical (unpaired) electrons. The highest BCUT2D eigenvalue weighted by Crippen LogP contribution is 2.37. The monoisotopic (exact) mass is 494 g/mol. The molecule has 1 fully saturated rings. The molecule has 9 atom stereocenters. The molecule has 1 heterocycles. The molecular weight excluding hydrogens is 448 g/mol. The molecule has 1 aliphatic carbocycles. The molecule has 0 aromatic rings. The normalized spacial score (nSPS) is 41.2. The van der Waals surface area contributed by atoms with E-state index in [1.807, 2.05) is 13.8 Å². The Balaban J connectivity index is 2.29. The minimum atomic E-state index is -0.872. The maximum Gasteiger partial charge on any atom is 0.308 e. The molecule has 2 aliphatic rings. The molecule has 1 unspecified atom stereocenters. The smallest absolute Gasteiger partial charge is 0.308 e. The van der Waals surface area contributed by atoms with Crippen LogP contribution in [0, 0.1) is 35.5 Å². The highest BCUT2D eigenvalue weighted by atomic mass is 16.5. The van der Waals surface area contributed by atoms with E-state index in [-0.39, 0.29) is 30.8 Å². The van der Waals surface area contributed by atoms with E-state index in [9.17, 15) is 30.0 Å². The van der Waals surface area contributed by atoms with E-state index in [0.717, 1.165) is 25.7 Å². The molecule has 35 heavy (non-hydrogen) atoms. The number of rotatable bonds is 3. The van der Waals surface area contributed by atoms with E-state index < -0.39 is 36.2 Å². The highest BCUT2D eigenvalue weighted by molar-refractivity contribution is 5.72. The second kappa shape index (κ2) is 14.1. The Bertz CT molecular complexity index is 746. The Labute approximate surface area is 210 Å². The van der Waals surface area contributed by atoms with Crippen molar-refractivity contribution in [2.75, 3.05) is 6.61 Å². The Morgan fingerprint density at radius 3 is 2.31 bits per heavy atom. The SMILES string of the molecule is C[C@@H]1C[C@H](C)C[C@H](C)[C@@H](O)CC(=O)OC([C@@H]2CCC[C@H]2C(=O)O)C/C=C/C=C(/CO)[C@H](O)[C@@H](C)C1. The van der Waals surface area contributed by atoms with Gasteiger partial charge in [0.05, 0.1) is 31.2 Å². The van der Waals surface area contributed by atoms with Crippen molar-refractivity contribution in [2.45, 2.75) is 97.4 Å². The number of aliphatic hydroxyl groups excluding tert-OH is 3. The summed E-state index contributed by atoms with van der Waals surface area (Å²) in [5.41, 5.74) is 0.532. The standard InChI is InChI=1S/C28H46O7/c1-17-12-18(2)14-20(4)27(32)21(16-29)8-5-6-11-25(22-9-7-10-23(22)28(33)34)35-26(31)15-24(30)19(3)13-17/h5-6,8,17-20,22-25,27,29-30,32H,7,9-16H2,1-4H3,(H,33,34)/b6-5+,21-8-/t17-,18+,19-,20-,22+,23+,24-,25?,27+/m0/s1. The molecule has 1 saturated carbocycles. The van der Waals surface area contributed by atoms with Crippen LogP contribution in [-0.4, -0.2) is 57.3 Å². The van der Waals surface area contributed by atoms with Gasteiger partial charge in [-0.25, -0.2) is 0 Å². The van der Waals surface area contributed by atoms with Crippen molar-refractivity contribution in [1.29, 1.82) is 0 Å². The van der Waals surface area contributed by atoms with E-state index in [1.54, 1.807) is 18.2 Å². The van der Waals surface area contributed by atoms with Gasteiger partial charge >= 0.3 is 11.9 Å². The number of hydrogen-bond acceptors (Lipinski definition) is 6. The Morgan fingerprint density at radius 2 is 1.69 bits per heavy atom. The van der Waals surface area contributed by atoms with Crippen molar-refractivity contribution in [3.63, 3.8) is 0 Å². The molecular formula is C28H46O7. The Hall–Kier alpha value is -1.70. The van der Waals surface area contributed by atoms with Crippen molar-refractivity contribution >= 4 is 11.9 Å². The fourth-order valence-corrected chi connectivity index (χ4v) is 6.09. The van der Waals surface area contributed by atoms with Gasteiger partial charge in [-0.15, -0.1) is 0 Å². The predicted molar refractivity (Wildman–Crippen MR) is 134 cm³/mol. The zero-order chi connectivity index (χ0) is 26.1. The molecule has 0 aromatic carbocycles. The number of hydrogen-bond donors (Lipinski definition) is 4. The topological polar surface area (TPSA) is 124 Å². The summed E-state index contributed by atoms with van der Waals surface area (Å²) in [6.07, 6.45) is 7.82. The second-order valence-electron chi connectivity index (χ2n) is 11.2. The van der Waals surface area contributed by atoms with Crippen molar-refractivity contribution in [1.82, 2.24) is 0 Å². The molecule has 200 valence electrons. The number of aliphatic hydroxyl groups is 3. The number of aliphatic carboxylic acids is 1. The van der Waals surface area contributed by atoms with Crippen molar-refractivity contribution in [3.8, 4) is 0 Å². The maximum absolute atomic E-state index is 12.8. The lowest BCUT2D eigenvalue weighted by Crippen LogP contribution is -2.34. The summed E-state index contributed by atoms with van der Waals surface area (Å²) in [6, 6.07) is 0. The van der Waals surface area contributed by atoms with Crippen LogP contribution in [0.15, 0.2) is 23.8 Å². The third-order valence-electron chi connectivity index (χ3n) is 7.95. The molecule has 0 bridgehead atoms. The number of carbonyl (C=O) groups is 2. The zero-order valence-electron chi connectivity index (χ0n) is 21.8. The van der Waals surface area contributed by atoms with E-state index in [4.69, 9.17) is 4.74 Å². The first-order valence-electron chi connectivity index (χ1n) is 13.3. The van der Waals surface area contributed by atoms with Gasteiger partial charge in [-0.2, -0.15) is 0 Å². The molecule has 0 spiro atoms. The van der Waals surface area contributed by atoms with Crippen LogP contribution in [0.5, 0.6) is 0 Å². The Kier molecular flexibility index (Phi) is 11.9. The number of cyclic esters (lactones) is 1. The lowest BCUT2D eigenvalue weighted by atomic mass is 9.82. The van der Waals surface area contributed by atoms with Gasteiger partial charge in [-0.05, 0) is 61.3 Å². The highest BCUT2D eigenvalue weighted by Gasteiger charge is 2.39. The average molecular weight is 495 g/mol. The Morgan fingerprint density at radius 1 is 1.03 bits per heavy atom. The molecule has 1 aliphatic heterocycles. The zero-order valence-corrected chi connectivity index (χ0v) is 21.8. The van der Waals surface area contributed by atoms with Gasteiger partial charge in [0.15, 0.2) is 0 Å². The summed E-state index contributed by atoms with van der Waals surface area (Å²) in [5, 5.41) is 41.0. The number of carboxylic acid groups (broad SMARTS) is 1. The molecule has 7 nitrogen and oxygen atoms in total. The third-order valence-corrected chi connectivity index (χ3v) is 7.95. The first kappa shape index (κ1) is 29.5. The van der Waals surface area contributed by atoms with Crippen LogP contribution in [0.1, 0.15) is 79.1 Å². The van der Waals surface area contributed by atoms with E-state index in [1.165, 1.54) is 0 Å². The minimum absolute atomic E-state index is 0.0191. The number of ether oxygens (including phenoxy) is 1. The summed E-state index contributed by atoms with van der Waals surface area (Å²) >= 11 is 0. The van der Waals surface area contributed by atoms with Crippen LogP contribution in [-0.2, 0) is 14.3 Å². The van der Waals surface area contributed by atoms with Gasteiger partial charge in [0.2, 0.25) is 0 Å². The van der Waals surface area contributed by atoms with Gasteiger partial charge < -0.3 is 25.2 Å². The summed E-state index contributed by atoms with van der Waals surface area (Å²) in [4.78, 5) is 24.5. The fraction of sp³-hybridized carbons (Fsp3) is 0.786. The van der Waals surface area contributed by atoms with Crippen molar-refractivity contribution in [2.24, 2.45) is 35.5 Å². The lowest BCUT2D eigenvalue weighted by Gasteiger charge is -2.28. The molecule has 0 aromatic heterocycles. The van der Waals surface area contributed by atoms with Crippen molar-refractivity contribution < 1.29 is 34.8 Å². The number of allylic oxidation sites excluding steroid dienone is 2. The van der Waals surface area contributed by atoms with E-state index in [2.05, 4.69) is 13.8 Å². The van der Waals surface area contributed by atoms with Gasteiger partial charge in [0.1, 0.15) is 6.10 Å². The number of carbonyl (C=O) groups excluding carboxylic acids is 1. The summed E-state index contributed by atoms with van der Waals surface area (Å²) < 4.78 is 5.78. The van der Waals surface area contributed by atoms with Crippen LogP contribution in [0.3, 0.4) is 0 Å². The van der Waals surface area contributed by atoms with Crippen LogP contribution >= 0.6 is 0 Å². The minimum Gasteiger partial charge on any atom is -0.481 e. The van der Waals surface area contributed by atoms with Crippen LogP contribution < -0.4 is 0 Å². The number of esters is 1. The van der Waals surface area contributed by atoms with Crippen molar-refractivity contribution in [3.05, 3.63) is 23.8 Å². The van der Waals surface area contributed by atoms with E-state index in [0.29, 0.717) is 36.7 Å². The summed E-state index contributed by atoms with van der Waals surface area (Å²) in [5.74, 6) is -1.60. The average Bonchev–Trinajstić information content (AvgIpc) is 3.27. The largest absolute Gasteiger partial charge is 0.481 e. The van der Waals surface area contributed by atoms with Gasteiger partial charge in [0.25, 0.3) is 0 Å². The van der Waals surface area contributed by atoms with Crippen LogP contribution in [0.25, 0.3) is 0 Å². The van der Waals surface area contributed by atoms with E-state index >= 15 is 0 Å². The van der Waals surface area contributed by atoms with Gasteiger partial charge in [0, 0.05) is 12.3 Å². The van der Waals surface area contributed by atoms with Gasteiger partial charge in [-0.1, -0.05) is 52.3 Å². The van der Waals surface area contributed by atoms with Crippen LogP contribution in [0.4, 0.5) is 0 Å². The molecule has 0 amide bonds. The number of carboxylic acids is 1. The molecule has 2 rings (SSSR count). The fourth-order valence-electron chi connectivity index (χ4n) is 6.09. The van der Waals surface area contributed by atoms with Crippen LogP contribution in [0.2, 0.25) is 0 Å².